The number of rotatable bonds is 2. The first kappa shape index (κ1) is 23.5. The molecular weight excluding hydrogens is 448 g/mol. The minimum absolute atomic E-state index is 0.120. The average Bonchev–Trinajstić information content (AvgIpc) is 2.75. The predicted octanol–water partition coefficient (Wildman–Crippen LogP) is -0.342. The summed E-state index contributed by atoms with van der Waals surface area (Å²) in [6, 6.07) is 2.53. The number of aliphatic hydroxyl groups is 4. The third-order valence-electron chi connectivity index (χ3n) is 7.12. The van der Waals surface area contributed by atoms with Gasteiger partial charge < -0.3 is 36.2 Å². The fraction of sp³-hybridized carbons (Fsp3) is 0.391. The van der Waals surface area contributed by atoms with Crippen LogP contribution < -0.4 is 5.73 Å². The largest absolute Gasteiger partial charge is 0.508 e. The van der Waals surface area contributed by atoms with E-state index in [4.69, 9.17) is 5.73 Å². The van der Waals surface area contributed by atoms with Gasteiger partial charge in [0, 0.05) is 43.5 Å². The van der Waals surface area contributed by atoms with E-state index in [1.807, 2.05) is 0 Å². The van der Waals surface area contributed by atoms with Crippen molar-refractivity contribution in [3.63, 3.8) is 0 Å². The van der Waals surface area contributed by atoms with Gasteiger partial charge in [-0.15, -0.1) is 0 Å². The van der Waals surface area contributed by atoms with Crippen LogP contribution in [0, 0.1) is 11.8 Å². The minimum Gasteiger partial charge on any atom is -0.508 e. The molecular formula is C23H24N2O9. The van der Waals surface area contributed by atoms with E-state index in [2.05, 4.69) is 0 Å². The van der Waals surface area contributed by atoms with Crippen LogP contribution >= 0.6 is 0 Å². The zero-order valence-corrected chi connectivity index (χ0v) is 18.6. The van der Waals surface area contributed by atoms with Gasteiger partial charge in [-0.2, -0.15) is 0 Å². The van der Waals surface area contributed by atoms with E-state index in [1.54, 1.807) is 6.92 Å². The van der Waals surface area contributed by atoms with E-state index in [-0.39, 0.29) is 16.7 Å². The number of ketones is 2. The van der Waals surface area contributed by atoms with Crippen molar-refractivity contribution in [1.29, 1.82) is 0 Å². The van der Waals surface area contributed by atoms with Gasteiger partial charge in [0.25, 0.3) is 11.8 Å². The second-order valence-electron chi connectivity index (χ2n) is 9.10. The van der Waals surface area contributed by atoms with Gasteiger partial charge in [0.2, 0.25) is 5.78 Å². The fourth-order valence-corrected chi connectivity index (χ4v) is 5.51. The number of primary amides is 1. The molecule has 2 amide bonds. The van der Waals surface area contributed by atoms with E-state index < -0.39 is 87.7 Å². The maximum Gasteiger partial charge on any atom is 0.255 e. The Morgan fingerprint density at radius 1 is 1.15 bits per heavy atom. The quantitative estimate of drug-likeness (QED) is 0.312. The molecule has 1 fully saturated rings. The zero-order chi connectivity index (χ0) is 25.4. The third-order valence-corrected chi connectivity index (χ3v) is 7.12. The predicted molar refractivity (Wildman–Crippen MR) is 116 cm³/mol. The molecule has 0 aromatic heterocycles. The molecule has 7 N–H and O–H groups in total. The summed E-state index contributed by atoms with van der Waals surface area (Å²) in [5.74, 6) is -10.1. The Bertz CT molecular complexity index is 1250. The molecule has 1 aromatic rings. The average molecular weight is 472 g/mol. The van der Waals surface area contributed by atoms with Crippen LogP contribution in [0.1, 0.15) is 40.7 Å². The van der Waals surface area contributed by atoms with Crippen molar-refractivity contribution in [1.82, 2.24) is 4.90 Å². The van der Waals surface area contributed by atoms with Gasteiger partial charge in [-0.3, -0.25) is 19.2 Å². The first-order valence-corrected chi connectivity index (χ1v) is 10.5. The summed E-state index contributed by atoms with van der Waals surface area (Å²) in [7, 11) is 3.02. The number of aromatic hydroxyl groups is 1. The van der Waals surface area contributed by atoms with E-state index in [1.165, 1.54) is 31.1 Å². The van der Waals surface area contributed by atoms with Crippen LogP contribution in [0.25, 0.3) is 5.76 Å². The minimum atomic E-state index is -2.90. The Hall–Kier alpha value is -3.70. The first-order chi connectivity index (χ1) is 15.8. The van der Waals surface area contributed by atoms with Crippen molar-refractivity contribution in [2.75, 3.05) is 14.1 Å². The number of hydrogen-bond donors (Lipinski definition) is 6. The number of carbonyl (C=O) groups is 4. The van der Waals surface area contributed by atoms with Crippen LogP contribution in [0.3, 0.4) is 0 Å². The molecule has 180 valence electrons. The molecule has 34 heavy (non-hydrogen) atoms. The zero-order valence-electron chi connectivity index (χ0n) is 18.6. The molecule has 1 saturated carbocycles. The molecule has 3 aliphatic carbocycles. The lowest BCUT2D eigenvalue weighted by Crippen LogP contribution is -2.64. The summed E-state index contributed by atoms with van der Waals surface area (Å²) in [5, 5.41) is 54.7. The van der Waals surface area contributed by atoms with Crippen LogP contribution in [-0.4, -0.2) is 79.6 Å². The molecule has 0 unspecified atom stereocenters. The summed E-state index contributed by atoms with van der Waals surface area (Å²) in [6.07, 6.45) is -2.33. The molecule has 1 aromatic carbocycles. The Kier molecular flexibility index (Phi) is 5.11. The maximum absolute atomic E-state index is 13.6. The molecule has 0 saturated heterocycles. The van der Waals surface area contributed by atoms with Crippen LogP contribution in [0.4, 0.5) is 0 Å². The second kappa shape index (κ2) is 7.40. The molecule has 11 nitrogen and oxygen atoms in total. The molecule has 0 spiro atoms. The van der Waals surface area contributed by atoms with Crippen molar-refractivity contribution < 1.29 is 44.7 Å². The van der Waals surface area contributed by atoms with Gasteiger partial charge in [0.1, 0.15) is 22.8 Å². The van der Waals surface area contributed by atoms with Gasteiger partial charge in [-0.05, 0) is 23.6 Å². The SMILES string of the molecule is C[C@H]1c2c(C(=O)N(C)C)ccc(O)c2C(O)=C2C(=O)[C@]3(O)C(O)=C(C(N)=O)C(=O)C[C@@H]3[C@@H](O)[C@@H]21. The number of phenolic OH excluding ortho intramolecular Hbond substituents is 1. The third kappa shape index (κ3) is 2.77. The standard InChI is InChI=1S/C23H24N2O9/c1-7-12-8(22(33)25(2)3)4-5-10(26)14(12)18(29)16-13(7)17(28)9-6-11(27)15(21(24)32)19(30)23(9,34)20(16)31/h4-5,7,9,13,17,26,28-30,34H,6H2,1-3H3,(H2,24,32)/t7-,9+,13+,17+,23+/m0/s1. The smallest absolute Gasteiger partial charge is 0.255 e. The highest BCUT2D eigenvalue weighted by Crippen LogP contribution is 2.56. The number of fused-ring (bicyclic) bond motifs is 3. The highest BCUT2D eigenvalue weighted by atomic mass is 16.4. The van der Waals surface area contributed by atoms with Crippen molar-refractivity contribution in [3.05, 3.63) is 45.7 Å². The number of Topliss-reactive ketones (excluding diaryl/α,β-unsaturated/α-hetero) is 2. The van der Waals surface area contributed by atoms with Gasteiger partial charge in [0.15, 0.2) is 11.4 Å². The fourth-order valence-electron chi connectivity index (χ4n) is 5.51. The number of aliphatic hydroxyl groups excluding tert-OH is 3. The van der Waals surface area contributed by atoms with E-state index in [0.29, 0.717) is 0 Å². The molecule has 0 aliphatic heterocycles. The van der Waals surface area contributed by atoms with E-state index in [0.717, 1.165) is 0 Å². The molecule has 0 bridgehead atoms. The number of carbonyl (C=O) groups excluding carboxylic acids is 4. The summed E-state index contributed by atoms with van der Waals surface area (Å²) in [4.78, 5) is 51.8. The first-order valence-electron chi connectivity index (χ1n) is 10.5. The normalized spacial score (nSPS) is 30.5. The highest BCUT2D eigenvalue weighted by Gasteiger charge is 2.65. The van der Waals surface area contributed by atoms with E-state index >= 15 is 0 Å². The lowest BCUT2D eigenvalue weighted by Gasteiger charge is -2.50. The Morgan fingerprint density at radius 3 is 2.32 bits per heavy atom. The summed E-state index contributed by atoms with van der Waals surface area (Å²) >= 11 is 0. The number of hydrogen-bond acceptors (Lipinski definition) is 9. The van der Waals surface area contributed by atoms with Crippen molar-refractivity contribution >= 4 is 29.1 Å². The van der Waals surface area contributed by atoms with E-state index in [9.17, 15) is 44.7 Å². The van der Waals surface area contributed by atoms with Gasteiger partial charge in [-0.25, -0.2) is 0 Å². The second-order valence-corrected chi connectivity index (χ2v) is 9.10. The number of amides is 2. The number of nitrogens with zero attached hydrogens (tertiary/aromatic N) is 1. The summed E-state index contributed by atoms with van der Waals surface area (Å²) in [5.41, 5.74) is 0.874. The lowest BCUT2D eigenvalue weighted by molar-refractivity contribution is -0.160. The molecule has 3 aliphatic rings. The molecule has 4 rings (SSSR count). The van der Waals surface area contributed by atoms with Gasteiger partial charge in [0.05, 0.1) is 11.7 Å². The molecule has 5 atom stereocenters. The highest BCUT2D eigenvalue weighted by molar-refractivity contribution is 6.23. The van der Waals surface area contributed by atoms with Gasteiger partial charge in [-0.1, -0.05) is 6.92 Å². The van der Waals surface area contributed by atoms with Crippen molar-refractivity contribution in [2.45, 2.75) is 31.0 Å². The molecule has 11 heteroatoms. The topological polar surface area (TPSA) is 199 Å². The Morgan fingerprint density at radius 2 is 1.76 bits per heavy atom. The van der Waals surface area contributed by atoms with Crippen molar-refractivity contribution in [3.8, 4) is 5.75 Å². The Balaban J connectivity index is 2.03. The maximum atomic E-state index is 13.6. The molecule has 0 radical (unpaired) electrons. The van der Waals surface area contributed by atoms with Crippen LogP contribution in [0.15, 0.2) is 29.0 Å². The summed E-state index contributed by atoms with van der Waals surface area (Å²) in [6.45, 7) is 1.57. The number of benzene rings is 1. The van der Waals surface area contributed by atoms with Crippen LogP contribution in [0.2, 0.25) is 0 Å². The number of nitrogens with two attached hydrogens (primary N) is 1. The monoisotopic (exact) mass is 472 g/mol. The number of phenols is 1. The Labute approximate surface area is 193 Å². The van der Waals surface area contributed by atoms with Crippen LogP contribution in [0.5, 0.6) is 5.75 Å². The van der Waals surface area contributed by atoms with Gasteiger partial charge >= 0.3 is 0 Å². The molecule has 0 heterocycles. The van der Waals surface area contributed by atoms with Crippen LogP contribution in [-0.2, 0) is 14.4 Å². The van der Waals surface area contributed by atoms with Crippen molar-refractivity contribution in [2.24, 2.45) is 17.6 Å². The lowest BCUT2D eigenvalue weighted by atomic mass is 9.55. The summed E-state index contributed by atoms with van der Waals surface area (Å²) < 4.78 is 0.